The summed E-state index contributed by atoms with van der Waals surface area (Å²) in [4.78, 5) is 13.8. The SMILES string of the molecule is Cc1nc(NC[C@@H](O)c2cccs2)c2cccnc2n1. The Bertz CT molecular complexity index is 714. The molecule has 0 unspecified atom stereocenters. The molecular formula is C14H14N4OS. The highest BCUT2D eigenvalue weighted by molar-refractivity contribution is 7.10. The van der Waals surface area contributed by atoms with Gasteiger partial charge in [-0.25, -0.2) is 15.0 Å². The Labute approximate surface area is 120 Å². The Morgan fingerprint density at radius 2 is 2.20 bits per heavy atom. The third kappa shape index (κ3) is 2.61. The van der Waals surface area contributed by atoms with Gasteiger partial charge in [0.2, 0.25) is 0 Å². The summed E-state index contributed by atoms with van der Waals surface area (Å²) >= 11 is 1.54. The number of hydrogen-bond acceptors (Lipinski definition) is 6. The number of aliphatic hydroxyl groups is 1. The molecule has 0 radical (unpaired) electrons. The fourth-order valence-corrected chi connectivity index (χ4v) is 2.69. The van der Waals surface area contributed by atoms with E-state index < -0.39 is 6.10 Å². The van der Waals surface area contributed by atoms with Crippen LogP contribution >= 0.6 is 11.3 Å². The number of rotatable bonds is 4. The van der Waals surface area contributed by atoms with Gasteiger partial charge in [0.05, 0.1) is 5.39 Å². The average molecular weight is 286 g/mol. The van der Waals surface area contributed by atoms with Crippen molar-refractivity contribution in [2.24, 2.45) is 0 Å². The fourth-order valence-electron chi connectivity index (χ4n) is 1.98. The Balaban J connectivity index is 1.84. The zero-order valence-corrected chi connectivity index (χ0v) is 11.8. The van der Waals surface area contributed by atoms with Crippen molar-refractivity contribution in [3.63, 3.8) is 0 Å². The van der Waals surface area contributed by atoms with Crippen LogP contribution in [0.5, 0.6) is 0 Å². The molecule has 0 spiro atoms. The number of aliphatic hydroxyl groups excluding tert-OH is 1. The summed E-state index contributed by atoms with van der Waals surface area (Å²) in [5, 5.41) is 16.1. The molecule has 20 heavy (non-hydrogen) atoms. The number of thiophene rings is 1. The summed E-state index contributed by atoms with van der Waals surface area (Å²) < 4.78 is 0. The first kappa shape index (κ1) is 13.0. The summed E-state index contributed by atoms with van der Waals surface area (Å²) in [6.45, 7) is 2.23. The Hall–Kier alpha value is -2.05. The molecule has 0 bridgehead atoms. The lowest BCUT2D eigenvalue weighted by Crippen LogP contribution is -2.13. The fraction of sp³-hybridized carbons (Fsp3) is 0.214. The number of aromatic nitrogens is 3. The van der Waals surface area contributed by atoms with Crippen LogP contribution in [-0.2, 0) is 0 Å². The summed E-state index contributed by atoms with van der Waals surface area (Å²) in [5.74, 6) is 1.36. The monoisotopic (exact) mass is 286 g/mol. The lowest BCUT2D eigenvalue weighted by Gasteiger charge is -2.12. The summed E-state index contributed by atoms with van der Waals surface area (Å²) in [6.07, 6.45) is 1.16. The van der Waals surface area contributed by atoms with Crippen LogP contribution in [0, 0.1) is 6.92 Å². The van der Waals surface area contributed by atoms with Crippen LogP contribution < -0.4 is 5.32 Å². The predicted molar refractivity (Wildman–Crippen MR) is 79.8 cm³/mol. The zero-order chi connectivity index (χ0) is 13.9. The first-order valence-corrected chi connectivity index (χ1v) is 7.17. The molecule has 1 atom stereocenters. The zero-order valence-electron chi connectivity index (χ0n) is 10.9. The van der Waals surface area contributed by atoms with E-state index >= 15 is 0 Å². The molecule has 3 aromatic heterocycles. The minimum absolute atomic E-state index is 0.404. The number of anilines is 1. The van der Waals surface area contributed by atoms with Gasteiger partial charge in [-0.3, -0.25) is 0 Å². The molecule has 0 saturated heterocycles. The first-order valence-electron chi connectivity index (χ1n) is 6.29. The van der Waals surface area contributed by atoms with Crippen molar-refractivity contribution in [3.8, 4) is 0 Å². The summed E-state index contributed by atoms with van der Waals surface area (Å²) in [7, 11) is 0. The largest absolute Gasteiger partial charge is 0.386 e. The highest BCUT2D eigenvalue weighted by Gasteiger charge is 2.11. The van der Waals surface area contributed by atoms with Crippen LogP contribution in [0.1, 0.15) is 16.8 Å². The standard InChI is InChI=1S/C14H14N4OS/c1-9-17-13-10(4-2-6-15-13)14(18-9)16-8-11(19)12-5-3-7-20-12/h2-7,11,19H,8H2,1H3,(H,15,16,17,18)/t11-/m1/s1. The molecule has 0 aliphatic rings. The van der Waals surface area contributed by atoms with E-state index in [2.05, 4.69) is 20.3 Å². The smallest absolute Gasteiger partial charge is 0.164 e. The van der Waals surface area contributed by atoms with Gasteiger partial charge in [-0.15, -0.1) is 11.3 Å². The van der Waals surface area contributed by atoms with Crippen molar-refractivity contribution >= 4 is 28.2 Å². The lowest BCUT2D eigenvalue weighted by atomic mass is 10.2. The van der Waals surface area contributed by atoms with Crippen molar-refractivity contribution < 1.29 is 5.11 Å². The molecular weight excluding hydrogens is 272 g/mol. The molecule has 0 aliphatic heterocycles. The van der Waals surface area contributed by atoms with E-state index in [1.54, 1.807) is 6.20 Å². The van der Waals surface area contributed by atoms with E-state index in [4.69, 9.17) is 0 Å². The molecule has 0 fully saturated rings. The second-order valence-electron chi connectivity index (χ2n) is 4.41. The van der Waals surface area contributed by atoms with Gasteiger partial charge in [-0.2, -0.15) is 0 Å². The number of nitrogens with one attached hydrogen (secondary N) is 1. The molecule has 3 rings (SSSR count). The molecule has 5 nitrogen and oxygen atoms in total. The third-order valence-corrected chi connectivity index (χ3v) is 3.89. The van der Waals surface area contributed by atoms with E-state index in [0.29, 0.717) is 23.8 Å². The van der Waals surface area contributed by atoms with Gasteiger partial charge in [0.25, 0.3) is 0 Å². The summed E-state index contributed by atoms with van der Waals surface area (Å²) in [5.41, 5.74) is 0.660. The topological polar surface area (TPSA) is 70.9 Å². The Morgan fingerprint density at radius 3 is 3.00 bits per heavy atom. The Kier molecular flexibility index (Phi) is 3.58. The minimum atomic E-state index is -0.544. The van der Waals surface area contributed by atoms with E-state index in [0.717, 1.165) is 10.3 Å². The van der Waals surface area contributed by atoms with E-state index in [-0.39, 0.29) is 0 Å². The quantitative estimate of drug-likeness (QED) is 0.771. The molecule has 0 aliphatic carbocycles. The maximum absolute atomic E-state index is 10.1. The van der Waals surface area contributed by atoms with Crippen molar-refractivity contribution in [1.82, 2.24) is 15.0 Å². The maximum atomic E-state index is 10.1. The summed E-state index contributed by atoms with van der Waals surface area (Å²) in [6, 6.07) is 7.61. The molecule has 0 saturated carbocycles. The van der Waals surface area contributed by atoms with Crippen LogP contribution in [0.25, 0.3) is 11.0 Å². The molecule has 6 heteroatoms. The van der Waals surface area contributed by atoms with Gasteiger partial charge in [0.1, 0.15) is 17.7 Å². The van der Waals surface area contributed by atoms with Crippen molar-refractivity contribution in [2.45, 2.75) is 13.0 Å². The van der Waals surface area contributed by atoms with Crippen molar-refractivity contribution in [3.05, 3.63) is 46.5 Å². The van der Waals surface area contributed by atoms with E-state index in [1.807, 2.05) is 36.6 Å². The number of pyridine rings is 1. The van der Waals surface area contributed by atoms with Crippen molar-refractivity contribution in [1.29, 1.82) is 0 Å². The van der Waals surface area contributed by atoms with Crippen LogP contribution in [0.4, 0.5) is 5.82 Å². The van der Waals surface area contributed by atoms with Crippen LogP contribution in [0.2, 0.25) is 0 Å². The number of aryl methyl sites for hydroxylation is 1. The van der Waals surface area contributed by atoms with E-state index in [1.165, 1.54) is 11.3 Å². The van der Waals surface area contributed by atoms with E-state index in [9.17, 15) is 5.11 Å². The number of fused-ring (bicyclic) bond motifs is 1. The number of hydrogen-bond donors (Lipinski definition) is 2. The average Bonchev–Trinajstić information content (AvgIpc) is 2.98. The van der Waals surface area contributed by atoms with Crippen LogP contribution in [0.3, 0.4) is 0 Å². The second-order valence-corrected chi connectivity index (χ2v) is 5.39. The van der Waals surface area contributed by atoms with Crippen LogP contribution in [0.15, 0.2) is 35.8 Å². The molecule has 0 amide bonds. The minimum Gasteiger partial charge on any atom is -0.386 e. The van der Waals surface area contributed by atoms with Gasteiger partial charge in [0.15, 0.2) is 5.65 Å². The second kappa shape index (κ2) is 5.52. The first-order chi connectivity index (χ1) is 9.74. The number of nitrogens with zero attached hydrogens (tertiary/aromatic N) is 3. The van der Waals surface area contributed by atoms with Crippen LogP contribution in [-0.4, -0.2) is 26.6 Å². The predicted octanol–water partition coefficient (Wildman–Crippen LogP) is 2.54. The maximum Gasteiger partial charge on any atom is 0.164 e. The third-order valence-electron chi connectivity index (χ3n) is 2.92. The molecule has 2 N–H and O–H groups in total. The van der Waals surface area contributed by atoms with Gasteiger partial charge < -0.3 is 10.4 Å². The molecule has 3 aromatic rings. The van der Waals surface area contributed by atoms with Crippen molar-refractivity contribution in [2.75, 3.05) is 11.9 Å². The Morgan fingerprint density at radius 1 is 1.30 bits per heavy atom. The highest BCUT2D eigenvalue weighted by Crippen LogP contribution is 2.22. The van der Waals surface area contributed by atoms with Gasteiger partial charge in [-0.05, 0) is 30.5 Å². The van der Waals surface area contributed by atoms with Gasteiger partial charge in [-0.1, -0.05) is 6.07 Å². The molecule has 3 heterocycles. The van der Waals surface area contributed by atoms with Gasteiger partial charge >= 0.3 is 0 Å². The lowest BCUT2D eigenvalue weighted by molar-refractivity contribution is 0.195. The normalized spacial score (nSPS) is 12.5. The highest BCUT2D eigenvalue weighted by atomic mass is 32.1. The molecule has 102 valence electrons. The van der Waals surface area contributed by atoms with Gasteiger partial charge in [0, 0.05) is 17.6 Å². The molecule has 0 aromatic carbocycles.